The Balaban J connectivity index is 2.63. The number of hydrogen-bond donors (Lipinski definition) is 2. The second kappa shape index (κ2) is 3.13. The van der Waals surface area contributed by atoms with E-state index in [9.17, 15) is 0 Å². The first-order valence-corrected chi connectivity index (χ1v) is 4.67. The second-order valence-corrected chi connectivity index (χ2v) is 3.33. The Bertz CT molecular complexity index is 415. The number of nitrogen functional groups attached to an aromatic ring is 1. The highest BCUT2D eigenvalue weighted by atomic mass is 14.7. The minimum absolute atomic E-state index is 0.841. The summed E-state index contributed by atoms with van der Waals surface area (Å²) in [6.07, 6.45) is 4.14. The van der Waals surface area contributed by atoms with Crippen LogP contribution in [0.3, 0.4) is 0 Å². The van der Waals surface area contributed by atoms with Gasteiger partial charge in [0, 0.05) is 11.6 Å². The van der Waals surface area contributed by atoms with Crippen molar-refractivity contribution in [1.29, 1.82) is 0 Å². The molecular formula is C11H14N2. The van der Waals surface area contributed by atoms with E-state index < -0.39 is 0 Å². The van der Waals surface area contributed by atoms with Gasteiger partial charge in [0.1, 0.15) is 0 Å². The van der Waals surface area contributed by atoms with E-state index in [1.165, 1.54) is 11.1 Å². The van der Waals surface area contributed by atoms with Gasteiger partial charge >= 0.3 is 0 Å². The fourth-order valence-corrected chi connectivity index (χ4v) is 1.72. The number of nitrogens with two attached hydrogens (primary N) is 1. The summed E-state index contributed by atoms with van der Waals surface area (Å²) in [5.74, 6) is 0. The van der Waals surface area contributed by atoms with Crippen molar-refractivity contribution in [3.05, 3.63) is 30.0 Å². The SMILES string of the molecule is CCCc1cccc2c(N)c[nH]c12. The Hall–Kier alpha value is -1.44. The predicted molar refractivity (Wildman–Crippen MR) is 56.7 cm³/mol. The Morgan fingerprint density at radius 2 is 2.23 bits per heavy atom. The van der Waals surface area contributed by atoms with Crippen LogP contribution in [0.1, 0.15) is 18.9 Å². The number of hydrogen-bond acceptors (Lipinski definition) is 1. The standard InChI is InChI=1S/C11H14N2/c1-2-4-8-5-3-6-9-10(12)7-13-11(8)9/h3,5-7,13H,2,4,12H2,1H3. The molecule has 68 valence electrons. The molecule has 1 aromatic carbocycles. The van der Waals surface area contributed by atoms with Gasteiger partial charge in [-0.2, -0.15) is 0 Å². The smallest absolute Gasteiger partial charge is 0.0571 e. The normalized spacial score (nSPS) is 10.8. The van der Waals surface area contributed by atoms with Crippen LogP contribution in [0.2, 0.25) is 0 Å². The van der Waals surface area contributed by atoms with Crippen LogP contribution in [0.25, 0.3) is 10.9 Å². The summed E-state index contributed by atoms with van der Waals surface area (Å²) in [5.41, 5.74) is 9.20. The maximum atomic E-state index is 5.81. The molecule has 0 amide bonds. The molecule has 0 saturated heterocycles. The van der Waals surface area contributed by atoms with Crippen molar-refractivity contribution >= 4 is 16.6 Å². The lowest BCUT2D eigenvalue weighted by Gasteiger charge is -2.00. The monoisotopic (exact) mass is 174 g/mol. The van der Waals surface area contributed by atoms with E-state index in [1.54, 1.807) is 0 Å². The van der Waals surface area contributed by atoms with Gasteiger partial charge in [-0.15, -0.1) is 0 Å². The lowest BCUT2D eigenvalue weighted by Crippen LogP contribution is -1.85. The van der Waals surface area contributed by atoms with Crippen LogP contribution in [0.4, 0.5) is 5.69 Å². The summed E-state index contributed by atoms with van der Waals surface area (Å²) in [6.45, 7) is 2.19. The number of nitrogens with one attached hydrogen (secondary N) is 1. The molecule has 0 atom stereocenters. The van der Waals surface area contributed by atoms with Gasteiger partial charge in [0.25, 0.3) is 0 Å². The molecule has 0 spiro atoms. The molecule has 0 aliphatic rings. The molecule has 2 heteroatoms. The fraction of sp³-hybridized carbons (Fsp3) is 0.273. The molecule has 1 aromatic heterocycles. The molecule has 2 aromatic rings. The highest BCUT2D eigenvalue weighted by molar-refractivity contribution is 5.93. The van der Waals surface area contributed by atoms with Crippen LogP contribution in [-0.4, -0.2) is 4.98 Å². The Morgan fingerprint density at radius 1 is 1.38 bits per heavy atom. The van der Waals surface area contributed by atoms with E-state index in [0.717, 1.165) is 23.9 Å². The summed E-state index contributed by atoms with van der Waals surface area (Å²) in [4.78, 5) is 3.22. The first kappa shape index (κ1) is 8.17. The maximum Gasteiger partial charge on any atom is 0.0571 e. The molecule has 1 heterocycles. The average molecular weight is 174 g/mol. The van der Waals surface area contributed by atoms with Gasteiger partial charge < -0.3 is 10.7 Å². The summed E-state index contributed by atoms with van der Waals surface area (Å²) >= 11 is 0. The van der Waals surface area contributed by atoms with Crippen molar-refractivity contribution in [2.45, 2.75) is 19.8 Å². The lowest BCUT2D eigenvalue weighted by atomic mass is 10.1. The minimum atomic E-state index is 0.841. The topological polar surface area (TPSA) is 41.8 Å². The zero-order valence-electron chi connectivity index (χ0n) is 7.80. The van der Waals surface area contributed by atoms with Crippen LogP contribution < -0.4 is 5.73 Å². The van der Waals surface area contributed by atoms with Crippen molar-refractivity contribution in [3.8, 4) is 0 Å². The first-order valence-electron chi connectivity index (χ1n) is 4.67. The van der Waals surface area contributed by atoms with Gasteiger partial charge in [-0.05, 0) is 12.0 Å². The fourth-order valence-electron chi connectivity index (χ4n) is 1.72. The summed E-state index contributed by atoms with van der Waals surface area (Å²) in [7, 11) is 0. The third kappa shape index (κ3) is 1.28. The Kier molecular flexibility index (Phi) is 1.97. The Labute approximate surface area is 77.8 Å². The third-order valence-corrected chi connectivity index (χ3v) is 2.35. The molecule has 0 saturated carbocycles. The summed E-state index contributed by atoms with van der Waals surface area (Å²) < 4.78 is 0. The largest absolute Gasteiger partial charge is 0.397 e. The molecular weight excluding hydrogens is 160 g/mol. The zero-order valence-corrected chi connectivity index (χ0v) is 7.80. The van der Waals surface area contributed by atoms with Crippen molar-refractivity contribution < 1.29 is 0 Å². The number of fused-ring (bicyclic) bond motifs is 1. The summed E-state index contributed by atoms with van der Waals surface area (Å²) in [6, 6.07) is 6.28. The van der Waals surface area contributed by atoms with Gasteiger partial charge in [-0.1, -0.05) is 31.5 Å². The second-order valence-electron chi connectivity index (χ2n) is 3.33. The van der Waals surface area contributed by atoms with Crippen LogP contribution >= 0.6 is 0 Å². The van der Waals surface area contributed by atoms with Crippen LogP contribution in [0, 0.1) is 0 Å². The number of H-pyrrole nitrogens is 1. The van der Waals surface area contributed by atoms with E-state index in [1.807, 2.05) is 6.20 Å². The number of rotatable bonds is 2. The van der Waals surface area contributed by atoms with Gasteiger partial charge in [0.15, 0.2) is 0 Å². The molecule has 13 heavy (non-hydrogen) atoms. The van der Waals surface area contributed by atoms with E-state index in [0.29, 0.717) is 0 Å². The highest BCUT2D eigenvalue weighted by Gasteiger charge is 2.03. The van der Waals surface area contributed by atoms with Crippen molar-refractivity contribution in [2.75, 3.05) is 5.73 Å². The van der Waals surface area contributed by atoms with Crippen LogP contribution in [-0.2, 0) is 6.42 Å². The first-order chi connectivity index (χ1) is 6.33. The highest BCUT2D eigenvalue weighted by Crippen LogP contribution is 2.23. The van der Waals surface area contributed by atoms with Gasteiger partial charge in [0.05, 0.1) is 11.2 Å². The van der Waals surface area contributed by atoms with Crippen molar-refractivity contribution in [3.63, 3.8) is 0 Å². The number of para-hydroxylation sites is 1. The minimum Gasteiger partial charge on any atom is -0.397 e. The zero-order chi connectivity index (χ0) is 9.26. The van der Waals surface area contributed by atoms with Gasteiger partial charge in [0.2, 0.25) is 0 Å². The molecule has 0 aliphatic carbocycles. The molecule has 0 bridgehead atoms. The molecule has 2 nitrogen and oxygen atoms in total. The van der Waals surface area contributed by atoms with Gasteiger partial charge in [-0.3, -0.25) is 0 Å². The quantitative estimate of drug-likeness (QED) is 0.722. The van der Waals surface area contributed by atoms with Crippen molar-refractivity contribution in [1.82, 2.24) is 4.98 Å². The lowest BCUT2D eigenvalue weighted by molar-refractivity contribution is 0.927. The van der Waals surface area contributed by atoms with E-state index in [4.69, 9.17) is 5.73 Å². The molecule has 0 unspecified atom stereocenters. The number of benzene rings is 1. The maximum absolute atomic E-state index is 5.81. The molecule has 3 N–H and O–H groups in total. The van der Waals surface area contributed by atoms with E-state index in [-0.39, 0.29) is 0 Å². The number of aromatic nitrogens is 1. The molecule has 0 radical (unpaired) electrons. The molecule has 0 aliphatic heterocycles. The van der Waals surface area contributed by atoms with Crippen molar-refractivity contribution in [2.24, 2.45) is 0 Å². The van der Waals surface area contributed by atoms with Gasteiger partial charge in [-0.25, -0.2) is 0 Å². The average Bonchev–Trinajstić information content (AvgIpc) is 2.50. The van der Waals surface area contributed by atoms with E-state index >= 15 is 0 Å². The molecule has 0 fully saturated rings. The number of aryl methyl sites for hydroxylation is 1. The Morgan fingerprint density at radius 3 is 3.00 bits per heavy atom. The number of aromatic amines is 1. The van der Waals surface area contributed by atoms with E-state index in [2.05, 4.69) is 30.1 Å². The summed E-state index contributed by atoms with van der Waals surface area (Å²) in [5, 5.41) is 1.14. The number of anilines is 1. The predicted octanol–water partition coefficient (Wildman–Crippen LogP) is 2.70. The molecule has 2 rings (SSSR count). The third-order valence-electron chi connectivity index (χ3n) is 2.35. The van der Waals surface area contributed by atoms with Crippen LogP contribution in [0.15, 0.2) is 24.4 Å². The van der Waals surface area contributed by atoms with Crippen LogP contribution in [0.5, 0.6) is 0 Å².